The van der Waals surface area contributed by atoms with E-state index in [0.717, 1.165) is 65.5 Å². The Morgan fingerprint density at radius 3 is 2.52 bits per heavy atom. The van der Waals surface area contributed by atoms with Gasteiger partial charge in [-0.05, 0) is 54.8 Å². The van der Waals surface area contributed by atoms with Gasteiger partial charge in [-0.25, -0.2) is 15.0 Å². The zero-order chi connectivity index (χ0) is 22.2. The van der Waals surface area contributed by atoms with Crippen molar-refractivity contribution in [1.29, 1.82) is 0 Å². The summed E-state index contributed by atoms with van der Waals surface area (Å²) in [5.41, 5.74) is 2.23. The average Bonchev–Trinajstić information content (AvgIpc) is 3.21. The minimum absolute atomic E-state index is 0.334. The van der Waals surface area contributed by atoms with Crippen molar-refractivity contribution in [2.75, 3.05) is 22.9 Å². The molecule has 0 aliphatic carbocycles. The lowest BCUT2D eigenvalue weighted by molar-refractivity contribution is 0.477. The van der Waals surface area contributed by atoms with E-state index in [2.05, 4.69) is 46.6 Å². The van der Waals surface area contributed by atoms with Crippen LogP contribution in [0.15, 0.2) is 61.2 Å². The van der Waals surface area contributed by atoms with Crippen molar-refractivity contribution in [2.45, 2.75) is 31.8 Å². The molecule has 8 nitrogen and oxygen atoms in total. The lowest BCUT2D eigenvalue weighted by Crippen LogP contribution is -2.34. The number of benzene rings is 1. The van der Waals surface area contributed by atoms with Crippen LogP contribution < -0.4 is 9.80 Å². The lowest BCUT2D eigenvalue weighted by Gasteiger charge is -2.32. The van der Waals surface area contributed by atoms with Gasteiger partial charge in [-0.1, -0.05) is 17.7 Å². The highest BCUT2D eigenvalue weighted by Crippen LogP contribution is 2.35. The molecule has 4 aromatic rings. The third-order valence-electron chi connectivity index (χ3n) is 6.45. The van der Waals surface area contributed by atoms with Crippen LogP contribution in [0.25, 0.3) is 5.69 Å². The molecule has 0 atom stereocenters. The van der Waals surface area contributed by atoms with Crippen molar-refractivity contribution < 1.29 is 0 Å². The Hall–Kier alpha value is -3.52. The predicted octanol–water partition coefficient (Wildman–Crippen LogP) is 4.01. The quantitative estimate of drug-likeness (QED) is 0.459. The molecule has 9 heteroatoms. The summed E-state index contributed by atoms with van der Waals surface area (Å²) in [5.74, 6) is 4.17. The number of anilines is 2. The van der Waals surface area contributed by atoms with Crippen LogP contribution >= 0.6 is 11.6 Å². The van der Waals surface area contributed by atoms with Crippen LogP contribution in [0.5, 0.6) is 0 Å². The summed E-state index contributed by atoms with van der Waals surface area (Å²) in [4.78, 5) is 17.6. The second-order valence-electron chi connectivity index (χ2n) is 8.46. The predicted molar refractivity (Wildman–Crippen MR) is 127 cm³/mol. The molecule has 3 aromatic heterocycles. The fourth-order valence-electron chi connectivity index (χ4n) is 4.83. The van der Waals surface area contributed by atoms with Gasteiger partial charge in [0.15, 0.2) is 5.82 Å². The Labute approximate surface area is 196 Å². The van der Waals surface area contributed by atoms with E-state index in [9.17, 15) is 0 Å². The summed E-state index contributed by atoms with van der Waals surface area (Å²) in [7, 11) is 0. The maximum absolute atomic E-state index is 6.39. The second kappa shape index (κ2) is 8.44. The molecule has 2 aliphatic rings. The van der Waals surface area contributed by atoms with Gasteiger partial charge < -0.3 is 9.80 Å². The molecule has 0 radical (unpaired) electrons. The Balaban J connectivity index is 1.34. The number of rotatable bonds is 3. The zero-order valence-corrected chi connectivity index (χ0v) is 18.8. The van der Waals surface area contributed by atoms with Gasteiger partial charge in [-0.3, -0.25) is 4.57 Å². The minimum Gasteiger partial charge on any atom is -0.357 e. The Bertz CT molecular complexity index is 1250. The molecule has 1 fully saturated rings. The van der Waals surface area contributed by atoms with Crippen molar-refractivity contribution >= 4 is 23.2 Å². The van der Waals surface area contributed by atoms with E-state index >= 15 is 0 Å². The summed E-state index contributed by atoms with van der Waals surface area (Å²) in [6.07, 6.45) is 7.20. The van der Waals surface area contributed by atoms with Gasteiger partial charge in [0.1, 0.15) is 23.8 Å². The molecule has 1 saturated heterocycles. The molecule has 0 bridgehead atoms. The Morgan fingerprint density at radius 1 is 0.848 bits per heavy atom. The standard InChI is InChI=1S/C24H23ClN8/c25-19-4-5-20-18(13-19)14-32(22-6-10-26-16-28-22)15-23-29-30-24(33(20)23)17-7-11-31(12-8-17)21-3-1-2-9-27-21/h1-6,9-10,13,16-17H,7-8,11-12,14-15H2. The molecule has 0 amide bonds. The van der Waals surface area contributed by atoms with Gasteiger partial charge in [0.25, 0.3) is 0 Å². The topological polar surface area (TPSA) is 75.9 Å². The molecule has 0 spiro atoms. The molecular formula is C24H23ClN8. The van der Waals surface area contributed by atoms with E-state index in [0.29, 0.717) is 19.0 Å². The highest BCUT2D eigenvalue weighted by atomic mass is 35.5. The van der Waals surface area contributed by atoms with Crippen LogP contribution in [-0.4, -0.2) is 42.8 Å². The number of aromatic nitrogens is 6. The highest BCUT2D eigenvalue weighted by Gasteiger charge is 2.30. The first kappa shape index (κ1) is 20.1. The minimum atomic E-state index is 0.334. The zero-order valence-electron chi connectivity index (χ0n) is 18.0. The fourth-order valence-corrected chi connectivity index (χ4v) is 5.03. The summed E-state index contributed by atoms with van der Waals surface area (Å²) < 4.78 is 2.24. The molecule has 5 heterocycles. The third kappa shape index (κ3) is 3.80. The summed E-state index contributed by atoms with van der Waals surface area (Å²) in [6.45, 7) is 3.20. The second-order valence-corrected chi connectivity index (χ2v) is 8.89. The van der Waals surface area contributed by atoms with Crippen LogP contribution in [0.3, 0.4) is 0 Å². The van der Waals surface area contributed by atoms with Gasteiger partial charge in [0, 0.05) is 43.0 Å². The highest BCUT2D eigenvalue weighted by molar-refractivity contribution is 6.30. The van der Waals surface area contributed by atoms with Gasteiger partial charge in [0.2, 0.25) is 0 Å². The number of hydrogen-bond donors (Lipinski definition) is 0. The molecule has 0 saturated carbocycles. The number of fused-ring (bicyclic) bond motifs is 3. The van der Waals surface area contributed by atoms with Gasteiger partial charge in [-0.15, -0.1) is 10.2 Å². The molecule has 2 aliphatic heterocycles. The third-order valence-corrected chi connectivity index (χ3v) is 6.69. The molecule has 0 N–H and O–H groups in total. The summed E-state index contributed by atoms with van der Waals surface area (Å²) in [5, 5.41) is 10.1. The number of pyridine rings is 1. The van der Waals surface area contributed by atoms with Gasteiger partial charge in [-0.2, -0.15) is 0 Å². The molecule has 0 unspecified atom stereocenters. The normalized spacial score (nSPS) is 16.3. The molecule has 1 aromatic carbocycles. The van der Waals surface area contributed by atoms with Gasteiger partial charge >= 0.3 is 0 Å². The monoisotopic (exact) mass is 458 g/mol. The van der Waals surface area contributed by atoms with Crippen LogP contribution in [-0.2, 0) is 13.1 Å². The maximum atomic E-state index is 6.39. The first-order valence-corrected chi connectivity index (χ1v) is 11.5. The first-order valence-electron chi connectivity index (χ1n) is 11.2. The van der Waals surface area contributed by atoms with E-state index in [1.165, 1.54) is 0 Å². The van der Waals surface area contributed by atoms with Crippen LogP contribution in [0.2, 0.25) is 5.02 Å². The largest absolute Gasteiger partial charge is 0.357 e. The van der Waals surface area contributed by atoms with E-state index < -0.39 is 0 Å². The number of piperidine rings is 1. The van der Waals surface area contributed by atoms with E-state index in [4.69, 9.17) is 16.7 Å². The van der Waals surface area contributed by atoms with Crippen molar-refractivity contribution in [3.8, 4) is 5.69 Å². The summed E-state index contributed by atoms with van der Waals surface area (Å²) in [6, 6.07) is 14.1. The van der Waals surface area contributed by atoms with E-state index in [1.54, 1.807) is 12.5 Å². The number of halogens is 1. The molecular weight excluding hydrogens is 436 g/mol. The smallest absolute Gasteiger partial charge is 0.157 e. The van der Waals surface area contributed by atoms with Crippen molar-refractivity contribution in [1.82, 2.24) is 29.7 Å². The van der Waals surface area contributed by atoms with E-state index in [1.807, 2.05) is 36.5 Å². The number of nitrogens with zero attached hydrogens (tertiary/aromatic N) is 8. The molecule has 166 valence electrons. The number of hydrogen-bond acceptors (Lipinski definition) is 7. The van der Waals surface area contributed by atoms with Gasteiger partial charge in [0.05, 0.1) is 12.2 Å². The molecule has 6 rings (SSSR count). The van der Waals surface area contributed by atoms with Crippen molar-refractivity contribution in [3.05, 3.63) is 83.4 Å². The Morgan fingerprint density at radius 2 is 1.73 bits per heavy atom. The first-order chi connectivity index (χ1) is 16.3. The van der Waals surface area contributed by atoms with Crippen LogP contribution in [0.4, 0.5) is 11.6 Å². The fraction of sp³-hybridized carbons (Fsp3) is 0.292. The Kier molecular flexibility index (Phi) is 5.14. The van der Waals surface area contributed by atoms with Crippen LogP contribution in [0, 0.1) is 0 Å². The van der Waals surface area contributed by atoms with Crippen LogP contribution in [0.1, 0.15) is 36.0 Å². The van der Waals surface area contributed by atoms with Crippen molar-refractivity contribution in [2.24, 2.45) is 0 Å². The molecule has 33 heavy (non-hydrogen) atoms. The maximum Gasteiger partial charge on any atom is 0.157 e. The lowest BCUT2D eigenvalue weighted by atomic mass is 9.95. The summed E-state index contributed by atoms with van der Waals surface area (Å²) >= 11 is 6.39. The van der Waals surface area contributed by atoms with Crippen molar-refractivity contribution in [3.63, 3.8) is 0 Å². The average molecular weight is 459 g/mol. The van der Waals surface area contributed by atoms with E-state index in [-0.39, 0.29) is 0 Å². The SMILES string of the molecule is Clc1ccc2c(c1)CN(c1ccncn1)Cc1nnc(C3CCN(c4ccccn4)CC3)n1-2.